The summed E-state index contributed by atoms with van der Waals surface area (Å²) in [6.07, 6.45) is 0. The van der Waals surface area contributed by atoms with Gasteiger partial charge >= 0.3 is 0 Å². The Morgan fingerprint density at radius 1 is 1.26 bits per heavy atom. The van der Waals surface area contributed by atoms with Crippen molar-refractivity contribution in [3.63, 3.8) is 0 Å². The first kappa shape index (κ1) is 12.8. The molecule has 0 aliphatic carbocycles. The van der Waals surface area contributed by atoms with Crippen LogP contribution in [0, 0.1) is 24.1 Å². The number of carbonyl (C=O) groups excluding carboxylic acids is 1. The maximum absolute atomic E-state index is 13.6. The number of para-hydroxylation sites is 1. The lowest BCUT2D eigenvalue weighted by Crippen LogP contribution is -2.14. The van der Waals surface area contributed by atoms with Gasteiger partial charge in [0.1, 0.15) is 5.82 Å². The number of rotatable bonds is 2. The highest BCUT2D eigenvalue weighted by molar-refractivity contribution is 6.04. The summed E-state index contributed by atoms with van der Waals surface area (Å²) in [5, 5.41) is 11.3. The molecule has 0 aliphatic rings. The molecule has 2 aromatic carbocycles. The summed E-state index contributed by atoms with van der Waals surface area (Å²) in [4.78, 5) is 12.0. The van der Waals surface area contributed by atoms with Crippen LogP contribution in [-0.4, -0.2) is 5.91 Å². The number of aryl methyl sites for hydroxylation is 1. The lowest BCUT2D eigenvalue weighted by molar-refractivity contribution is 0.102. The summed E-state index contributed by atoms with van der Waals surface area (Å²) in [7, 11) is 0. The summed E-state index contributed by atoms with van der Waals surface area (Å²) < 4.78 is 13.6. The van der Waals surface area contributed by atoms with Gasteiger partial charge in [-0.1, -0.05) is 18.2 Å². The number of nitrogens with zero attached hydrogens (tertiary/aromatic N) is 1. The number of carbonyl (C=O) groups is 1. The SMILES string of the molecule is Cc1cccc(F)c1NC(=O)c1cccc(C#N)c1. The Hall–Kier alpha value is -2.67. The van der Waals surface area contributed by atoms with Gasteiger partial charge in [-0.3, -0.25) is 4.79 Å². The number of anilines is 1. The Bertz CT molecular complexity index is 654. The number of nitrogens with one attached hydrogen (secondary N) is 1. The second-order valence-corrected chi connectivity index (χ2v) is 4.08. The molecule has 0 aromatic heterocycles. The number of hydrogen-bond acceptors (Lipinski definition) is 2. The highest BCUT2D eigenvalue weighted by atomic mass is 19.1. The van der Waals surface area contributed by atoms with Crippen LogP contribution < -0.4 is 5.32 Å². The first-order chi connectivity index (χ1) is 9.11. The fraction of sp³-hybridized carbons (Fsp3) is 0.0667. The van der Waals surface area contributed by atoms with E-state index in [-0.39, 0.29) is 5.69 Å². The van der Waals surface area contributed by atoms with Crippen LogP contribution in [0.3, 0.4) is 0 Å². The third kappa shape index (κ3) is 2.78. The van der Waals surface area contributed by atoms with Gasteiger partial charge in [0.05, 0.1) is 17.3 Å². The highest BCUT2D eigenvalue weighted by Crippen LogP contribution is 2.19. The van der Waals surface area contributed by atoms with E-state index < -0.39 is 11.7 Å². The molecule has 0 unspecified atom stereocenters. The molecule has 0 bridgehead atoms. The van der Waals surface area contributed by atoms with Crippen molar-refractivity contribution >= 4 is 11.6 Å². The molecule has 0 saturated carbocycles. The summed E-state index contributed by atoms with van der Waals surface area (Å²) in [6.45, 7) is 1.71. The van der Waals surface area contributed by atoms with Crippen molar-refractivity contribution in [2.24, 2.45) is 0 Å². The predicted molar refractivity (Wildman–Crippen MR) is 70.2 cm³/mol. The molecule has 1 N–H and O–H groups in total. The lowest BCUT2D eigenvalue weighted by atomic mass is 10.1. The van der Waals surface area contributed by atoms with E-state index in [9.17, 15) is 9.18 Å². The largest absolute Gasteiger partial charge is 0.319 e. The first-order valence-corrected chi connectivity index (χ1v) is 5.68. The molecule has 1 amide bonds. The molecule has 94 valence electrons. The molecule has 0 spiro atoms. The molecule has 2 rings (SSSR count). The van der Waals surface area contributed by atoms with E-state index >= 15 is 0 Å². The number of nitriles is 1. The van der Waals surface area contributed by atoms with Gasteiger partial charge in [-0.2, -0.15) is 5.26 Å². The minimum atomic E-state index is -0.482. The molecule has 0 saturated heterocycles. The minimum Gasteiger partial charge on any atom is -0.319 e. The van der Waals surface area contributed by atoms with Crippen molar-refractivity contribution in [2.75, 3.05) is 5.32 Å². The summed E-state index contributed by atoms with van der Waals surface area (Å²) in [5.74, 6) is -0.921. The zero-order chi connectivity index (χ0) is 13.8. The smallest absolute Gasteiger partial charge is 0.255 e. The van der Waals surface area contributed by atoms with Gasteiger partial charge in [-0.05, 0) is 36.8 Å². The van der Waals surface area contributed by atoms with E-state index in [4.69, 9.17) is 5.26 Å². The fourth-order valence-corrected chi connectivity index (χ4v) is 1.71. The quantitative estimate of drug-likeness (QED) is 0.894. The number of hydrogen-bond donors (Lipinski definition) is 1. The Morgan fingerprint density at radius 2 is 2.00 bits per heavy atom. The van der Waals surface area contributed by atoms with Gasteiger partial charge in [0, 0.05) is 5.56 Å². The predicted octanol–water partition coefficient (Wildman–Crippen LogP) is 3.26. The second kappa shape index (κ2) is 5.32. The van der Waals surface area contributed by atoms with Gasteiger partial charge in [-0.25, -0.2) is 4.39 Å². The summed E-state index contributed by atoms with van der Waals surface area (Å²) in [6, 6.07) is 12.8. The summed E-state index contributed by atoms with van der Waals surface area (Å²) >= 11 is 0. The monoisotopic (exact) mass is 254 g/mol. The molecular formula is C15H11FN2O. The summed E-state index contributed by atoms with van der Waals surface area (Å²) in [5.41, 5.74) is 1.51. The van der Waals surface area contributed by atoms with E-state index in [2.05, 4.69) is 5.32 Å². The normalized spacial score (nSPS) is 9.74. The Balaban J connectivity index is 2.29. The zero-order valence-corrected chi connectivity index (χ0v) is 10.3. The number of amides is 1. The third-order valence-electron chi connectivity index (χ3n) is 2.71. The van der Waals surface area contributed by atoms with Crippen molar-refractivity contribution in [3.05, 3.63) is 65.0 Å². The van der Waals surface area contributed by atoms with Crippen LogP contribution in [0.5, 0.6) is 0 Å². The zero-order valence-electron chi connectivity index (χ0n) is 10.3. The van der Waals surface area contributed by atoms with Crippen LogP contribution in [0.4, 0.5) is 10.1 Å². The standard InChI is InChI=1S/C15H11FN2O/c1-10-4-2-7-13(16)14(10)18-15(19)12-6-3-5-11(8-12)9-17/h2-8H,1H3,(H,18,19). The van der Waals surface area contributed by atoms with Crippen molar-refractivity contribution in [1.29, 1.82) is 5.26 Å². The molecule has 0 fully saturated rings. The van der Waals surface area contributed by atoms with Crippen molar-refractivity contribution in [1.82, 2.24) is 0 Å². The van der Waals surface area contributed by atoms with Gasteiger partial charge in [0.25, 0.3) is 5.91 Å². The minimum absolute atomic E-state index is 0.162. The maximum Gasteiger partial charge on any atom is 0.255 e. The van der Waals surface area contributed by atoms with E-state index in [0.717, 1.165) is 0 Å². The van der Waals surface area contributed by atoms with E-state index in [1.165, 1.54) is 12.1 Å². The number of halogens is 1. The number of benzene rings is 2. The molecule has 0 radical (unpaired) electrons. The second-order valence-electron chi connectivity index (χ2n) is 4.08. The molecule has 0 atom stereocenters. The van der Waals surface area contributed by atoms with E-state index in [1.54, 1.807) is 37.3 Å². The molecule has 0 aliphatic heterocycles. The van der Waals surface area contributed by atoms with Crippen LogP contribution in [0.15, 0.2) is 42.5 Å². The Labute approximate surface area is 110 Å². The van der Waals surface area contributed by atoms with Crippen molar-refractivity contribution < 1.29 is 9.18 Å². The topological polar surface area (TPSA) is 52.9 Å². The molecule has 2 aromatic rings. The molecular weight excluding hydrogens is 243 g/mol. The van der Waals surface area contributed by atoms with Gasteiger partial charge in [0.2, 0.25) is 0 Å². The van der Waals surface area contributed by atoms with Gasteiger partial charge < -0.3 is 5.32 Å². The van der Waals surface area contributed by atoms with E-state index in [0.29, 0.717) is 16.7 Å². The van der Waals surface area contributed by atoms with Crippen LogP contribution >= 0.6 is 0 Å². The maximum atomic E-state index is 13.6. The van der Waals surface area contributed by atoms with Crippen LogP contribution in [0.2, 0.25) is 0 Å². The van der Waals surface area contributed by atoms with E-state index in [1.807, 2.05) is 6.07 Å². The molecule has 4 heteroatoms. The lowest BCUT2D eigenvalue weighted by Gasteiger charge is -2.09. The van der Waals surface area contributed by atoms with Gasteiger partial charge in [-0.15, -0.1) is 0 Å². The Kier molecular flexibility index (Phi) is 3.58. The first-order valence-electron chi connectivity index (χ1n) is 5.68. The van der Waals surface area contributed by atoms with Crippen LogP contribution in [-0.2, 0) is 0 Å². The fourth-order valence-electron chi connectivity index (χ4n) is 1.71. The van der Waals surface area contributed by atoms with Gasteiger partial charge in [0.15, 0.2) is 0 Å². The van der Waals surface area contributed by atoms with Crippen LogP contribution in [0.25, 0.3) is 0 Å². The highest BCUT2D eigenvalue weighted by Gasteiger charge is 2.11. The third-order valence-corrected chi connectivity index (χ3v) is 2.71. The molecule has 0 heterocycles. The average Bonchev–Trinajstić information content (AvgIpc) is 2.43. The van der Waals surface area contributed by atoms with Crippen molar-refractivity contribution in [2.45, 2.75) is 6.92 Å². The Morgan fingerprint density at radius 3 is 2.68 bits per heavy atom. The molecule has 3 nitrogen and oxygen atoms in total. The van der Waals surface area contributed by atoms with Crippen LogP contribution in [0.1, 0.15) is 21.5 Å². The molecule has 19 heavy (non-hydrogen) atoms. The van der Waals surface area contributed by atoms with Crippen molar-refractivity contribution in [3.8, 4) is 6.07 Å². The average molecular weight is 254 g/mol.